The number of esters is 1. The number of hydrogen-bond acceptors (Lipinski definition) is 18. The molecule has 0 saturated carbocycles. The van der Waals surface area contributed by atoms with Crippen molar-refractivity contribution < 1.29 is 90.5 Å². The predicted octanol–water partition coefficient (Wildman–Crippen LogP) is 3.47. The Balaban J connectivity index is 1.44. The second kappa shape index (κ2) is 12.9. The average molecular weight is 763 g/mol. The van der Waals surface area contributed by atoms with Gasteiger partial charge in [0.2, 0.25) is 11.5 Å². The van der Waals surface area contributed by atoms with E-state index in [1.807, 2.05) is 0 Å². The van der Waals surface area contributed by atoms with Crippen molar-refractivity contribution >= 4 is 5.97 Å². The molecule has 0 fully saturated rings. The molecule has 5 aromatic rings. The van der Waals surface area contributed by atoms with Crippen molar-refractivity contribution in [1.82, 2.24) is 0 Å². The van der Waals surface area contributed by atoms with Gasteiger partial charge in [0.05, 0.1) is 11.7 Å². The van der Waals surface area contributed by atoms with Crippen molar-refractivity contribution in [2.24, 2.45) is 0 Å². The van der Waals surface area contributed by atoms with Crippen molar-refractivity contribution in [3.63, 3.8) is 0 Å². The number of phenols is 13. The summed E-state index contributed by atoms with van der Waals surface area (Å²) in [6, 6.07) is 7.32. The lowest BCUT2D eigenvalue weighted by Crippen LogP contribution is -2.35. The Morgan fingerprint density at radius 1 is 0.509 bits per heavy atom. The van der Waals surface area contributed by atoms with Crippen LogP contribution in [0.15, 0.2) is 48.5 Å². The second-order valence-corrected chi connectivity index (χ2v) is 12.9. The molecule has 0 amide bonds. The Labute approximate surface area is 307 Å². The molecule has 18 heteroatoms. The zero-order valence-electron chi connectivity index (χ0n) is 27.7. The van der Waals surface area contributed by atoms with Gasteiger partial charge in [-0.3, -0.25) is 0 Å². The molecule has 0 bridgehead atoms. The first kappa shape index (κ1) is 35.9. The molecule has 2 aliphatic heterocycles. The van der Waals surface area contributed by atoms with Gasteiger partial charge in [-0.1, -0.05) is 0 Å². The number of aliphatic hydroxyl groups is 1. The Bertz CT molecular complexity index is 2400. The van der Waals surface area contributed by atoms with Crippen LogP contribution in [0.1, 0.15) is 44.8 Å². The fourth-order valence-electron chi connectivity index (χ4n) is 6.77. The van der Waals surface area contributed by atoms with Gasteiger partial charge >= 0.3 is 5.97 Å². The van der Waals surface area contributed by atoms with E-state index in [1.165, 1.54) is 0 Å². The third kappa shape index (κ3) is 5.95. The average Bonchev–Trinajstić information content (AvgIpc) is 3.12. The Morgan fingerprint density at radius 3 is 1.45 bits per heavy atom. The lowest BCUT2D eigenvalue weighted by molar-refractivity contribution is -0.0188. The third-order valence-electron chi connectivity index (χ3n) is 9.35. The Hall–Kier alpha value is -7.47. The molecule has 0 aromatic heterocycles. The maximum absolute atomic E-state index is 13.5. The number of aromatic hydroxyl groups is 13. The van der Waals surface area contributed by atoms with Crippen LogP contribution >= 0.6 is 0 Å². The topological polar surface area (TPSA) is 328 Å². The van der Waals surface area contributed by atoms with Crippen LogP contribution in [0.5, 0.6) is 86.2 Å². The smallest absolute Gasteiger partial charge is 0.338 e. The summed E-state index contributed by atoms with van der Waals surface area (Å²) >= 11 is 0. The molecule has 4 atom stereocenters. The van der Waals surface area contributed by atoms with Gasteiger partial charge in [0, 0.05) is 70.5 Å². The number of fused-ring (bicyclic) bond motifs is 2. The zero-order chi connectivity index (χ0) is 39.8. The summed E-state index contributed by atoms with van der Waals surface area (Å²) in [4.78, 5) is 13.5. The lowest BCUT2D eigenvalue weighted by atomic mass is 9.83. The minimum absolute atomic E-state index is 0.0215. The summed E-state index contributed by atoms with van der Waals surface area (Å²) < 4.78 is 17.7. The van der Waals surface area contributed by atoms with E-state index in [4.69, 9.17) is 14.2 Å². The van der Waals surface area contributed by atoms with Gasteiger partial charge in [-0.15, -0.1) is 0 Å². The van der Waals surface area contributed by atoms with Crippen LogP contribution in [-0.4, -0.2) is 89.7 Å². The highest BCUT2D eigenvalue weighted by Gasteiger charge is 2.42. The first-order valence-electron chi connectivity index (χ1n) is 16.1. The molecule has 0 radical (unpaired) electrons. The standard InChI is InChI=1S/C37H30O18/c38-12-3-18(40)14-7-24(46)35(53-25(14)5-12)16-8-22(44)31(48)33(50)28(16)29-17(9-23(45)32(49)34(29)51)36-27(10-15-19(41)4-13(39)6-26(15)54-36)55-37(52)11-1-20(42)30(47)21(43)2-11/h1-6,8-9,24,27,35-36,38-51H,7,10H2/t24-,27-,35-,36-/m1/s1. The van der Waals surface area contributed by atoms with E-state index >= 15 is 0 Å². The van der Waals surface area contributed by atoms with E-state index < -0.39 is 134 Å². The van der Waals surface area contributed by atoms with Crippen LogP contribution in [0.4, 0.5) is 0 Å². The van der Waals surface area contributed by atoms with E-state index in [9.17, 15) is 76.3 Å². The van der Waals surface area contributed by atoms with Gasteiger partial charge in [0.1, 0.15) is 40.6 Å². The van der Waals surface area contributed by atoms with Gasteiger partial charge in [-0.2, -0.15) is 0 Å². The highest BCUT2D eigenvalue weighted by atomic mass is 16.6. The normalized spacial score (nSPS) is 18.7. The van der Waals surface area contributed by atoms with Crippen molar-refractivity contribution in [2.75, 3.05) is 0 Å². The minimum Gasteiger partial charge on any atom is -0.508 e. The Morgan fingerprint density at radius 2 is 0.945 bits per heavy atom. The summed E-state index contributed by atoms with van der Waals surface area (Å²) in [5, 5.41) is 148. The molecule has 2 aliphatic rings. The maximum atomic E-state index is 13.5. The van der Waals surface area contributed by atoms with Crippen LogP contribution in [0.2, 0.25) is 0 Å². The van der Waals surface area contributed by atoms with Gasteiger partial charge in [0.25, 0.3) is 0 Å². The second-order valence-electron chi connectivity index (χ2n) is 12.9. The molecule has 14 N–H and O–H groups in total. The fraction of sp³-hybridized carbons (Fsp3) is 0.162. The summed E-state index contributed by atoms with van der Waals surface area (Å²) in [6.07, 6.45) is -7.38. The van der Waals surface area contributed by atoms with Crippen LogP contribution in [0, 0.1) is 0 Å². The van der Waals surface area contributed by atoms with Gasteiger partial charge in [-0.25, -0.2) is 4.79 Å². The zero-order valence-corrected chi connectivity index (χ0v) is 27.7. The molecule has 5 aromatic carbocycles. The van der Waals surface area contributed by atoms with Crippen LogP contribution in [-0.2, 0) is 17.6 Å². The lowest BCUT2D eigenvalue weighted by Gasteiger charge is -2.36. The molecular formula is C37H30O18. The van der Waals surface area contributed by atoms with Crippen molar-refractivity contribution in [1.29, 1.82) is 0 Å². The number of hydrogen-bond donors (Lipinski definition) is 14. The molecule has 0 unspecified atom stereocenters. The van der Waals surface area contributed by atoms with Gasteiger partial charge < -0.3 is 85.7 Å². The largest absolute Gasteiger partial charge is 0.508 e. The van der Waals surface area contributed by atoms with Crippen molar-refractivity contribution in [3.8, 4) is 97.4 Å². The molecular weight excluding hydrogens is 732 g/mol. The molecule has 0 spiro atoms. The maximum Gasteiger partial charge on any atom is 0.338 e. The highest BCUT2D eigenvalue weighted by molar-refractivity contribution is 5.92. The number of ether oxygens (including phenoxy) is 3. The fourth-order valence-corrected chi connectivity index (χ4v) is 6.77. The Kier molecular flexibility index (Phi) is 8.41. The first-order chi connectivity index (χ1) is 25.9. The van der Waals surface area contributed by atoms with Crippen molar-refractivity contribution in [2.45, 2.75) is 37.3 Å². The summed E-state index contributed by atoms with van der Waals surface area (Å²) in [5.74, 6) is -12.9. The number of phenolic OH excluding ortho intramolecular Hbond substituents is 13. The quantitative estimate of drug-likeness (QED) is 0.0900. The van der Waals surface area contributed by atoms with E-state index in [-0.39, 0.29) is 34.6 Å². The summed E-state index contributed by atoms with van der Waals surface area (Å²) in [6.45, 7) is 0. The van der Waals surface area contributed by atoms with Gasteiger partial charge in [0.15, 0.2) is 52.5 Å². The number of rotatable bonds is 5. The van der Waals surface area contributed by atoms with Crippen LogP contribution in [0.25, 0.3) is 11.1 Å². The highest BCUT2D eigenvalue weighted by Crippen LogP contribution is 2.57. The number of carbonyl (C=O) groups excluding carboxylic acids is 1. The number of benzene rings is 5. The van der Waals surface area contributed by atoms with E-state index in [2.05, 4.69) is 0 Å². The third-order valence-corrected chi connectivity index (χ3v) is 9.35. The van der Waals surface area contributed by atoms with Crippen LogP contribution in [0.3, 0.4) is 0 Å². The predicted molar refractivity (Wildman–Crippen MR) is 182 cm³/mol. The molecule has 2 heterocycles. The summed E-state index contributed by atoms with van der Waals surface area (Å²) in [5.41, 5.74) is -2.58. The number of carbonyl (C=O) groups is 1. The molecule has 0 aliphatic carbocycles. The first-order valence-corrected chi connectivity index (χ1v) is 16.1. The summed E-state index contributed by atoms with van der Waals surface area (Å²) in [7, 11) is 0. The molecule has 286 valence electrons. The van der Waals surface area contributed by atoms with E-state index in [1.54, 1.807) is 0 Å². The molecule has 18 nitrogen and oxygen atoms in total. The monoisotopic (exact) mass is 762 g/mol. The number of aliphatic hydroxyl groups excluding tert-OH is 1. The molecule has 0 saturated heterocycles. The van der Waals surface area contributed by atoms with Gasteiger partial charge in [-0.05, 0) is 24.3 Å². The van der Waals surface area contributed by atoms with E-state index in [0.29, 0.717) is 0 Å². The van der Waals surface area contributed by atoms with Crippen molar-refractivity contribution in [3.05, 3.63) is 76.3 Å². The molecule has 55 heavy (non-hydrogen) atoms. The van der Waals surface area contributed by atoms with E-state index in [0.717, 1.165) is 48.5 Å². The van der Waals surface area contributed by atoms with Crippen LogP contribution < -0.4 is 9.47 Å². The minimum atomic E-state index is -1.75. The molecule has 7 rings (SSSR count). The SMILES string of the molecule is O=C(O[C@@H]1Cc2c(O)cc(O)cc2O[C@@H]1c1cc(O)c(O)c(O)c1-c1c([C@H]2Oc3cc(O)cc(O)c3C[C@H]2O)cc(O)c(O)c1O)c1cc(O)c(O)c(O)c1.